The zero-order valence-electron chi connectivity index (χ0n) is 11.2. The average Bonchev–Trinajstić information content (AvgIpc) is 2.45. The van der Waals surface area contributed by atoms with E-state index in [0.717, 1.165) is 16.5 Å². The summed E-state index contributed by atoms with van der Waals surface area (Å²) in [6.45, 7) is 2.51. The van der Waals surface area contributed by atoms with Crippen molar-refractivity contribution in [3.05, 3.63) is 76.2 Å². The largest absolute Gasteiger partial charge is 0.508 e. The minimum Gasteiger partial charge on any atom is -0.508 e. The number of pyridine rings is 1. The number of benzene rings is 2. The first-order chi connectivity index (χ1) is 9.65. The first-order valence-electron chi connectivity index (χ1n) is 6.52. The lowest BCUT2D eigenvalue weighted by Gasteiger charge is -2.10. The molecule has 100 valence electrons. The lowest BCUT2D eigenvalue weighted by Crippen LogP contribution is -2.20. The number of phenols is 1. The van der Waals surface area contributed by atoms with Gasteiger partial charge in [-0.3, -0.25) is 4.79 Å². The van der Waals surface area contributed by atoms with Crippen molar-refractivity contribution >= 4 is 10.8 Å². The summed E-state index contributed by atoms with van der Waals surface area (Å²) in [7, 11) is 0. The van der Waals surface area contributed by atoms with Gasteiger partial charge >= 0.3 is 0 Å². The van der Waals surface area contributed by atoms with Crippen LogP contribution in [0.15, 0.2) is 59.5 Å². The van der Waals surface area contributed by atoms with Crippen LogP contribution in [0.25, 0.3) is 10.8 Å². The summed E-state index contributed by atoms with van der Waals surface area (Å²) in [6, 6.07) is 14.8. The van der Waals surface area contributed by atoms with Crippen LogP contribution in [-0.4, -0.2) is 9.67 Å². The molecule has 0 amide bonds. The fourth-order valence-corrected chi connectivity index (χ4v) is 2.47. The van der Waals surface area contributed by atoms with Crippen molar-refractivity contribution in [2.75, 3.05) is 0 Å². The van der Waals surface area contributed by atoms with E-state index in [1.54, 1.807) is 16.7 Å². The van der Waals surface area contributed by atoms with Crippen LogP contribution in [-0.2, 0) is 6.54 Å². The smallest absolute Gasteiger partial charge is 0.258 e. The molecule has 0 aliphatic rings. The Kier molecular flexibility index (Phi) is 3.03. The maximum Gasteiger partial charge on any atom is 0.258 e. The molecule has 1 N–H and O–H groups in total. The van der Waals surface area contributed by atoms with Crippen molar-refractivity contribution in [2.24, 2.45) is 0 Å². The van der Waals surface area contributed by atoms with Gasteiger partial charge in [0, 0.05) is 6.20 Å². The average molecular weight is 265 g/mol. The third-order valence-electron chi connectivity index (χ3n) is 3.46. The Balaban J connectivity index is 2.17. The van der Waals surface area contributed by atoms with Gasteiger partial charge in [-0.05, 0) is 35.6 Å². The number of nitrogens with zero attached hydrogens (tertiary/aromatic N) is 1. The third-order valence-corrected chi connectivity index (χ3v) is 3.46. The highest BCUT2D eigenvalue weighted by Crippen LogP contribution is 2.20. The zero-order valence-corrected chi connectivity index (χ0v) is 11.2. The molecule has 0 saturated carbocycles. The molecule has 0 fully saturated rings. The van der Waals surface area contributed by atoms with Crippen molar-refractivity contribution < 1.29 is 5.11 Å². The van der Waals surface area contributed by atoms with Crippen LogP contribution in [0.5, 0.6) is 5.75 Å². The fourth-order valence-electron chi connectivity index (χ4n) is 2.47. The van der Waals surface area contributed by atoms with Gasteiger partial charge < -0.3 is 9.67 Å². The molecule has 3 aromatic rings. The fraction of sp³-hybridized carbons (Fsp3) is 0.118. The number of hydrogen-bond acceptors (Lipinski definition) is 2. The summed E-state index contributed by atoms with van der Waals surface area (Å²) in [5.74, 6) is 0.117. The van der Waals surface area contributed by atoms with Crippen LogP contribution < -0.4 is 5.56 Å². The van der Waals surface area contributed by atoms with Gasteiger partial charge in [-0.15, -0.1) is 0 Å². The highest BCUT2D eigenvalue weighted by molar-refractivity contribution is 5.85. The van der Waals surface area contributed by atoms with Gasteiger partial charge in [0.05, 0.1) is 11.9 Å². The van der Waals surface area contributed by atoms with E-state index >= 15 is 0 Å². The lowest BCUT2D eigenvalue weighted by molar-refractivity contribution is 0.476. The number of aromatic nitrogens is 1. The normalized spacial score (nSPS) is 10.8. The molecule has 0 saturated heterocycles. The van der Waals surface area contributed by atoms with Crippen LogP contribution in [0.4, 0.5) is 0 Å². The van der Waals surface area contributed by atoms with Gasteiger partial charge in [0.15, 0.2) is 0 Å². The molecule has 2 aromatic carbocycles. The number of hydrogen-bond donors (Lipinski definition) is 1. The lowest BCUT2D eigenvalue weighted by atomic mass is 10.1. The Hall–Kier alpha value is -2.55. The number of aryl methyl sites for hydroxylation is 1. The van der Waals surface area contributed by atoms with Crippen molar-refractivity contribution in [2.45, 2.75) is 13.5 Å². The predicted molar refractivity (Wildman–Crippen MR) is 80.2 cm³/mol. The SMILES string of the molecule is Cc1cn(Cc2ccccc2)c(=O)c2cc(O)ccc12. The van der Waals surface area contributed by atoms with Crippen molar-refractivity contribution in [1.29, 1.82) is 0 Å². The van der Waals surface area contributed by atoms with E-state index in [2.05, 4.69) is 0 Å². The van der Waals surface area contributed by atoms with E-state index in [-0.39, 0.29) is 11.3 Å². The van der Waals surface area contributed by atoms with Crippen molar-refractivity contribution in [1.82, 2.24) is 4.57 Å². The Morgan fingerprint density at radius 2 is 1.80 bits per heavy atom. The summed E-state index contributed by atoms with van der Waals surface area (Å²) < 4.78 is 1.69. The second kappa shape index (κ2) is 4.85. The summed E-state index contributed by atoms with van der Waals surface area (Å²) in [6.07, 6.45) is 1.87. The third kappa shape index (κ3) is 2.18. The standard InChI is InChI=1S/C17H15NO2/c1-12-10-18(11-13-5-3-2-4-6-13)17(20)16-9-14(19)7-8-15(12)16/h2-10,19H,11H2,1H3. The van der Waals surface area contributed by atoms with Crippen LogP contribution in [0.1, 0.15) is 11.1 Å². The molecule has 1 aromatic heterocycles. The van der Waals surface area contributed by atoms with Crippen LogP contribution in [0, 0.1) is 6.92 Å². The van der Waals surface area contributed by atoms with Gasteiger partial charge in [0.2, 0.25) is 0 Å². The van der Waals surface area contributed by atoms with E-state index in [9.17, 15) is 9.90 Å². The summed E-state index contributed by atoms with van der Waals surface area (Å²) in [5.41, 5.74) is 2.02. The van der Waals surface area contributed by atoms with E-state index < -0.39 is 0 Å². The highest BCUT2D eigenvalue weighted by atomic mass is 16.3. The number of phenolic OH excluding ortho intramolecular Hbond substituents is 1. The van der Waals surface area contributed by atoms with Gasteiger partial charge in [-0.25, -0.2) is 0 Å². The maximum atomic E-state index is 12.5. The van der Waals surface area contributed by atoms with E-state index in [4.69, 9.17) is 0 Å². The summed E-state index contributed by atoms with van der Waals surface area (Å²) in [5, 5.41) is 11.0. The van der Waals surface area contributed by atoms with E-state index in [1.165, 1.54) is 6.07 Å². The molecule has 3 heteroatoms. The minimum atomic E-state index is -0.0784. The number of fused-ring (bicyclic) bond motifs is 1. The van der Waals surface area contributed by atoms with Gasteiger partial charge in [0.1, 0.15) is 5.75 Å². The topological polar surface area (TPSA) is 42.2 Å². The Morgan fingerprint density at radius 3 is 2.55 bits per heavy atom. The molecule has 0 atom stereocenters. The minimum absolute atomic E-state index is 0.0784. The first-order valence-corrected chi connectivity index (χ1v) is 6.52. The van der Waals surface area contributed by atoms with Crippen LogP contribution >= 0.6 is 0 Å². The van der Waals surface area contributed by atoms with Crippen LogP contribution in [0.3, 0.4) is 0 Å². The maximum absolute atomic E-state index is 12.5. The summed E-state index contributed by atoms with van der Waals surface area (Å²) in [4.78, 5) is 12.5. The Morgan fingerprint density at radius 1 is 1.05 bits per heavy atom. The molecular weight excluding hydrogens is 250 g/mol. The van der Waals surface area contributed by atoms with Gasteiger partial charge in [-0.1, -0.05) is 36.4 Å². The van der Waals surface area contributed by atoms with Crippen LogP contribution in [0.2, 0.25) is 0 Å². The molecule has 1 heterocycles. The molecule has 0 unspecified atom stereocenters. The molecular formula is C17H15NO2. The summed E-state index contributed by atoms with van der Waals surface area (Å²) >= 11 is 0. The molecule has 0 aliphatic heterocycles. The predicted octanol–water partition coefficient (Wildman–Crippen LogP) is 3.06. The molecule has 0 spiro atoms. The number of aromatic hydroxyl groups is 1. The Bertz CT molecular complexity index is 820. The number of rotatable bonds is 2. The quantitative estimate of drug-likeness (QED) is 0.773. The Labute approximate surface area is 116 Å². The molecule has 0 bridgehead atoms. The molecule has 3 rings (SSSR count). The first kappa shape index (κ1) is 12.5. The van der Waals surface area contributed by atoms with Gasteiger partial charge in [0.25, 0.3) is 5.56 Å². The van der Waals surface area contributed by atoms with E-state index in [0.29, 0.717) is 11.9 Å². The second-order valence-corrected chi connectivity index (χ2v) is 4.96. The van der Waals surface area contributed by atoms with Crippen molar-refractivity contribution in [3.63, 3.8) is 0 Å². The molecule has 0 radical (unpaired) electrons. The van der Waals surface area contributed by atoms with Crippen molar-refractivity contribution in [3.8, 4) is 5.75 Å². The zero-order chi connectivity index (χ0) is 14.1. The van der Waals surface area contributed by atoms with E-state index in [1.807, 2.05) is 43.5 Å². The molecule has 3 nitrogen and oxygen atoms in total. The van der Waals surface area contributed by atoms with Gasteiger partial charge in [-0.2, -0.15) is 0 Å². The molecule has 0 aliphatic carbocycles. The monoisotopic (exact) mass is 265 g/mol. The second-order valence-electron chi connectivity index (χ2n) is 4.96. The molecule has 20 heavy (non-hydrogen) atoms. The highest BCUT2D eigenvalue weighted by Gasteiger charge is 2.07.